The van der Waals surface area contributed by atoms with E-state index in [0.717, 1.165) is 38.9 Å². The first-order valence-corrected chi connectivity index (χ1v) is 6.66. The van der Waals surface area contributed by atoms with E-state index >= 15 is 0 Å². The van der Waals surface area contributed by atoms with Crippen molar-refractivity contribution < 1.29 is 14.6 Å². The molecule has 0 saturated carbocycles. The summed E-state index contributed by atoms with van der Waals surface area (Å²) in [7, 11) is 1.53. The molecule has 0 radical (unpaired) electrons. The number of rotatable bonds is 3. The van der Waals surface area contributed by atoms with E-state index in [0.29, 0.717) is 0 Å². The Morgan fingerprint density at radius 1 is 1.44 bits per heavy atom. The van der Waals surface area contributed by atoms with Gasteiger partial charge in [-0.2, -0.15) is 0 Å². The van der Waals surface area contributed by atoms with Crippen LogP contribution in [0.5, 0.6) is 0 Å². The molecule has 2 saturated heterocycles. The minimum Gasteiger partial charge on any atom is -0.394 e. The Kier molecular flexibility index (Phi) is 3.94. The van der Waals surface area contributed by atoms with Gasteiger partial charge in [0.05, 0.1) is 12.1 Å². The highest BCUT2D eigenvalue weighted by molar-refractivity contribution is 5.78. The van der Waals surface area contributed by atoms with Crippen LogP contribution in [0, 0.1) is 5.41 Å². The van der Waals surface area contributed by atoms with Crippen LogP contribution in [0.15, 0.2) is 0 Å². The highest BCUT2D eigenvalue weighted by Gasteiger charge is 2.52. The van der Waals surface area contributed by atoms with Crippen LogP contribution in [0.25, 0.3) is 0 Å². The van der Waals surface area contributed by atoms with Crippen LogP contribution in [0.3, 0.4) is 0 Å². The number of ether oxygens (including phenoxy) is 1. The van der Waals surface area contributed by atoms with Crippen LogP contribution in [0.2, 0.25) is 0 Å². The third-order valence-electron chi connectivity index (χ3n) is 4.47. The van der Waals surface area contributed by atoms with E-state index in [2.05, 4.69) is 5.32 Å². The number of aliphatic hydroxyl groups excluding tert-OH is 1. The molecule has 18 heavy (non-hydrogen) atoms. The largest absolute Gasteiger partial charge is 0.394 e. The van der Waals surface area contributed by atoms with Gasteiger partial charge in [-0.05, 0) is 44.7 Å². The van der Waals surface area contributed by atoms with Crippen molar-refractivity contribution in [3.05, 3.63) is 0 Å². The average molecular weight is 256 g/mol. The van der Waals surface area contributed by atoms with E-state index in [-0.39, 0.29) is 24.5 Å². The molecule has 2 fully saturated rings. The number of carbonyl (C=O) groups excluding carboxylic acids is 1. The van der Waals surface area contributed by atoms with Crippen molar-refractivity contribution in [2.75, 3.05) is 40.0 Å². The maximum atomic E-state index is 12.1. The molecule has 1 spiro atoms. The molecule has 5 heteroatoms. The van der Waals surface area contributed by atoms with E-state index in [1.807, 2.05) is 11.8 Å². The zero-order valence-electron chi connectivity index (χ0n) is 11.4. The van der Waals surface area contributed by atoms with Gasteiger partial charge in [0.25, 0.3) is 0 Å². The molecule has 1 atom stereocenters. The molecule has 2 N–H and O–H groups in total. The van der Waals surface area contributed by atoms with Crippen molar-refractivity contribution >= 4 is 5.91 Å². The lowest BCUT2D eigenvalue weighted by Gasteiger charge is -2.33. The number of amides is 1. The van der Waals surface area contributed by atoms with Gasteiger partial charge in [-0.25, -0.2) is 0 Å². The molecule has 0 aliphatic carbocycles. The second kappa shape index (κ2) is 5.15. The van der Waals surface area contributed by atoms with Gasteiger partial charge in [0.15, 0.2) is 0 Å². The number of nitrogens with zero attached hydrogens (tertiary/aromatic N) is 1. The van der Waals surface area contributed by atoms with Crippen LogP contribution in [-0.4, -0.2) is 61.4 Å². The number of nitrogens with one attached hydrogen (secondary N) is 1. The molecule has 0 aromatic heterocycles. The topological polar surface area (TPSA) is 61.8 Å². The van der Waals surface area contributed by atoms with Crippen molar-refractivity contribution in [1.29, 1.82) is 0 Å². The molecule has 5 nitrogen and oxygen atoms in total. The molecular weight excluding hydrogens is 232 g/mol. The normalized spacial score (nSPS) is 30.9. The monoisotopic (exact) mass is 256 g/mol. The fourth-order valence-electron chi connectivity index (χ4n) is 3.51. The number of hydrogen-bond donors (Lipinski definition) is 2. The van der Waals surface area contributed by atoms with Crippen LogP contribution in [0.4, 0.5) is 0 Å². The minimum atomic E-state index is -0.424. The first-order valence-electron chi connectivity index (χ1n) is 6.66. The van der Waals surface area contributed by atoms with Crippen molar-refractivity contribution in [3.63, 3.8) is 0 Å². The van der Waals surface area contributed by atoms with E-state index in [1.54, 1.807) is 0 Å². The van der Waals surface area contributed by atoms with Gasteiger partial charge in [-0.15, -0.1) is 0 Å². The number of methoxy groups -OCH3 is 1. The maximum absolute atomic E-state index is 12.1. The van der Waals surface area contributed by atoms with Crippen molar-refractivity contribution in [3.8, 4) is 0 Å². The van der Waals surface area contributed by atoms with E-state index in [9.17, 15) is 9.90 Å². The predicted molar refractivity (Wildman–Crippen MR) is 68.2 cm³/mol. The summed E-state index contributed by atoms with van der Waals surface area (Å²) in [5, 5.41) is 13.0. The van der Waals surface area contributed by atoms with Crippen molar-refractivity contribution in [2.45, 2.75) is 31.7 Å². The summed E-state index contributed by atoms with van der Waals surface area (Å²) in [4.78, 5) is 14.0. The third-order valence-corrected chi connectivity index (χ3v) is 4.47. The molecule has 1 amide bonds. The van der Waals surface area contributed by atoms with Crippen molar-refractivity contribution in [1.82, 2.24) is 10.2 Å². The first-order chi connectivity index (χ1) is 8.55. The van der Waals surface area contributed by atoms with E-state index in [4.69, 9.17) is 4.74 Å². The van der Waals surface area contributed by atoms with Crippen LogP contribution >= 0.6 is 0 Å². The summed E-state index contributed by atoms with van der Waals surface area (Å²) in [6.45, 7) is 4.88. The quantitative estimate of drug-likeness (QED) is 0.745. The van der Waals surface area contributed by atoms with Gasteiger partial charge in [-0.1, -0.05) is 0 Å². The van der Waals surface area contributed by atoms with Gasteiger partial charge >= 0.3 is 0 Å². The zero-order valence-corrected chi connectivity index (χ0v) is 11.4. The van der Waals surface area contributed by atoms with Gasteiger partial charge in [0.1, 0.15) is 6.61 Å². The van der Waals surface area contributed by atoms with E-state index < -0.39 is 5.54 Å². The molecule has 2 aliphatic heterocycles. The predicted octanol–water partition coefficient (Wildman–Crippen LogP) is -0.0141. The summed E-state index contributed by atoms with van der Waals surface area (Å²) in [6.07, 6.45) is 3.06. The molecular formula is C13H24N2O3. The number of hydrogen-bond acceptors (Lipinski definition) is 4. The standard InChI is InChI=1S/C13H24N2O3/c1-12(10-16)8-13(3-5-14-6-4-13)9-15(12)11(17)7-18-2/h14,16H,3-10H2,1-2H3. The number of carbonyl (C=O) groups is 1. The Bertz CT molecular complexity index is 315. The summed E-state index contributed by atoms with van der Waals surface area (Å²) in [6, 6.07) is 0. The highest BCUT2D eigenvalue weighted by Crippen LogP contribution is 2.46. The van der Waals surface area contributed by atoms with E-state index in [1.165, 1.54) is 7.11 Å². The smallest absolute Gasteiger partial charge is 0.249 e. The first kappa shape index (κ1) is 13.8. The Hall–Kier alpha value is -0.650. The summed E-state index contributed by atoms with van der Waals surface area (Å²) < 4.78 is 4.94. The molecule has 2 rings (SSSR count). The van der Waals surface area contributed by atoms with Crippen molar-refractivity contribution in [2.24, 2.45) is 5.41 Å². The summed E-state index contributed by atoms with van der Waals surface area (Å²) in [5.41, 5.74) is -0.237. The summed E-state index contributed by atoms with van der Waals surface area (Å²) >= 11 is 0. The molecule has 2 heterocycles. The number of piperidine rings is 1. The van der Waals surface area contributed by atoms with Gasteiger partial charge in [-0.3, -0.25) is 4.79 Å². The second-order valence-electron chi connectivity index (χ2n) is 5.99. The third kappa shape index (κ3) is 2.39. The van der Waals surface area contributed by atoms with Crippen LogP contribution < -0.4 is 5.32 Å². The van der Waals surface area contributed by atoms with Gasteiger partial charge in [0, 0.05) is 13.7 Å². The maximum Gasteiger partial charge on any atom is 0.249 e. The van der Waals surface area contributed by atoms with Crippen LogP contribution in [-0.2, 0) is 9.53 Å². The second-order valence-corrected chi connectivity index (χ2v) is 5.99. The Labute approximate surface area is 108 Å². The molecule has 0 aromatic rings. The Balaban J connectivity index is 2.15. The fraction of sp³-hybridized carbons (Fsp3) is 0.923. The molecule has 2 aliphatic rings. The SMILES string of the molecule is COCC(=O)N1CC2(CCNCC2)CC1(C)CO. The molecule has 0 aromatic carbocycles. The lowest BCUT2D eigenvalue weighted by Crippen LogP contribution is -2.49. The van der Waals surface area contributed by atoms with Crippen LogP contribution in [0.1, 0.15) is 26.2 Å². The number of aliphatic hydroxyl groups is 1. The highest BCUT2D eigenvalue weighted by atomic mass is 16.5. The number of likely N-dealkylation sites (tertiary alicyclic amines) is 1. The summed E-state index contributed by atoms with van der Waals surface area (Å²) in [5.74, 6) is -0.00976. The molecule has 104 valence electrons. The average Bonchev–Trinajstić information content (AvgIpc) is 2.65. The molecule has 1 unspecified atom stereocenters. The van der Waals surface area contributed by atoms with Gasteiger partial charge < -0.3 is 20.1 Å². The lowest BCUT2D eigenvalue weighted by atomic mass is 9.75. The Morgan fingerprint density at radius 3 is 2.67 bits per heavy atom. The lowest BCUT2D eigenvalue weighted by molar-refractivity contribution is -0.140. The van der Waals surface area contributed by atoms with Gasteiger partial charge in [0.2, 0.25) is 5.91 Å². The Morgan fingerprint density at radius 2 is 2.11 bits per heavy atom. The zero-order chi connectivity index (χ0) is 13.2. The molecule has 0 bridgehead atoms. The minimum absolute atomic E-state index is 0.00976. The fourth-order valence-corrected chi connectivity index (χ4v) is 3.51.